The van der Waals surface area contributed by atoms with Crippen molar-refractivity contribution < 1.29 is 9.59 Å². The summed E-state index contributed by atoms with van der Waals surface area (Å²) in [6.07, 6.45) is 6.09. The van der Waals surface area contributed by atoms with Crippen molar-refractivity contribution >= 4 is 11.8 Å². The normalized spacial score (nSPS) is 24.5. The molecule has 2 aliphatic rings. The molecule has 2 aliphatic heterocycles. The van der Waals surface area contributed by atoms with Crippen LogP contribution in [0.1, 0.15) is 25.0 Å². The van der Waals surface area contributed by atoms with E-state index < -0.39 is 0 Å². The highest BCUT2D eigenvalue weighted by Crippen LogP contribution is 2.31. The number of carbonyl (C=O) groups is 2. The third-order valence-electron chi connectivity index (χ3n) is 4.63. The Morgan fingerprint density at radius 1 is 1.45 bits per heavy atom. The van der Waals surface area contributed by atoms with Crippen molar-refractivity contribution in [2.75, 3.05) is 13.1 Å². The highest BCUT2D eigenvalue weighted by Gasteiger charge is 2.44. The molecule has 2 saturated heterocycles. The highest BCUT2D eigenvalue weighted by atomic mass is 16.2. The van der Waals surface area contributed by atoms with Crippen LogP contribution in [0.3, 0.4) is 0 Å². The lowest BCUT2D eigenvalue weighted by atomic mass is 9.96. The van der Waals surface area contributed by atoms with E-state index in [1.165, 1.54) is 0 Å². The third-order valence-corrected chi connectivity index (χ3v) is 4.63. The summed E-state index contributed by atoms with van der Waals surface area (Å²) in [5.74, 6) is 0.291. The lowest BCUT2D eigenvalue weighted by molar-refractivity contribution is -0.141. The van der Waals surface area contributed by atoms with Gasteiger partial charge >= 0.3 is 0 Å². The molecule has 0 bridgehead atoms. The van der Waals surface area contributed by atoms with E-state index in [4.69, 9.17) is 0 Å². The summed E-state index contributed by atoms with van der Waals surface area (Å²) < 4.78 is 1.71. The Bertz CT molecular complexity index is 595. The van der Waals surface area contributed by atoms with Gasteiger partial charge in [-0.2, -0.15) is 5.10 Å². The molecular weight excluding hydrogens is 280 g/mol. The monoisotopic (exact) mass is 302 g/mol. The third kappa shape index (κ3) is 2.65. The van der Waals surface area contributed by atoms with E-state index in [9.17, 15) is 9.59 Å². The number of fused-ring (bicyclic) bond motifs is 1. The maximum Gasteiger partial charge on any atom is 0.228 e. The Kier molecular flexibility index (Phi) is 4.00. The molecule has 6 nitrogen and oxygen atoms in total. The molecule has 1 aromatic rings. The molecule has 0 aliphatic carbocycles. The summed E-state index contributed by atoms with van der Waals surface area (Å²) in [4.78, 5) is 28.5. The van der Waals surface area contributed by atoms with Crippen LogP contribution >= 0.6 is 0 Å². The Balaban J connectivity index is 1.70. The van der Waals surface area contributed by atoms with Gasteiger partial charge in [-0.05, 0) is 18.9 Å². The standard InChI is InChI=1S/C16H22N4O2/c1-3-8-19-14-7-10-20(13(14)4-5-15(19)21)16(22)11-12-6-9-18(2)17-12/h3,6,9,13-14H,1,4-5,7-8,10-11H2,2H3/t13-,14-/m1/s1. The van der Waals surface area contributed by atoms with E-state index in [1.807, 2.05) is 29.1 Å². The van der Waals surface area contributed by atoms with E-state index in [0.717, 1.165) is 25.1 Å². The van der Waals surface area contributed by atoms with Crippen molar-refractivity contribution in [1.82, 2.24) is 19.6 Å². The van der Waals surface area contributed by atoms with Gasteiger partial charge in [0.1, 0.15) is 0 Å². The second kappa shape index (κ2) is 5.94. The SMILES string of the molecule is C=CCN1C(=O)CC[C@@H]2[C@H]1CCN2C(=O)Cc1ccn(C)n1. The summed E-state index contributed by atoms with van der Waals surface area (Å²) in [5, 5.41) is 4.27. The van der Waals surface area contributed by atoms with E-state index in [2.05, 4.69) is 11.7 Å². The van der Waals surface area contributed by atoms with Gasteiger partial charge in [-0.3, -0.25) is 14.3 Å². The minimum absolute atomic E-state index is 0.110. The zero-order valence-electron chi connectivity index (χ0n) is 12.9. The molecule has 1 aromatic heterocycles. The Labute approximate surface area is 130 Å². The van der Waals surface area contributed by atoms with Gasteiger partial charge in [0, 0.05) is 32.8 Å². The minimum Gasteiger partial charge on any atom is -0.337 e. The number of hydrogen-bond acceptors (Lipinski definition) is 3. The maximum atomic E-state index is 12.6. The molecule has 0 spiro atoms. The number of carbonyl (C=O) groups excluding carboxylic acids is 2. The molecule has 2 atom stereocenters. The summed E-state index contributed by atoms with van der Waals surface area (Å²) in [5.41, 5.74) is 0.797. The van der Waals surface area contributed by atoms with Crippen molar-refractivity contribution in [3.8, 4) is 0 Å². The number of piperidine rings is 1. The van der Waals surface area contributed by atoms with Crippen LogP contribution in [0.2, 0.25) is 0 Å². The summed E-state index contributed by atoms with van der Waals surface area (Å²) in [6, 6.07) is 2.17. The van der Waals surface area contributed by atoms with Gasteiger partial charge in [0.05, 0.1) is 24.2 Å². The summed E-state index contributed by atoms with van der Waals surface area (Å²) in [6.45, 7) is 5.03. The van der Waals surface area contributed by atoms with Gasteiger partial charge in [-0.1, -0.05) is 6.08 Å². The predicted molar refractivity (Wildman–Crippen MR) is 82.0 cm³/mol. The van der Waals surface area contributed by atoms with Crippen LogP contribution in [0.25, 0.3) is 0 Å². The first kappa shape index (κ1) is 14.8. The van der Waals surface area contributed by atoms with Gasteiger partial charge in [0.15, 0.2) is 0 Å². The Morgan fingerprint density at radius 3 is 2.95 bits per heavy atom. The van der Waals surface area contributed by atoms with Crippen molar-refractivity contribution in [2.24, 2.45) is 7.05 Å². The molecule has 0 saturated carbocycles. The quantitative estimate of drug-likeness (QED) is 0.771. The molecule has 22 heavy (non-hydrogen) atoms. The molecule has 0 aromatic carbocycles. The van der Waals surface area contributed by atoms with Crippen LogP contribution in [0.5, 0.6) is 0 Å². The highest BCUT2D eigenvalue weighted by molar-refractivity contribution is 5.81. The average molecular weight is 302 g/mol. The second-order valence-corrected chi connectivity index (χ2v) is 6.04. The van der Waals surface area contributed by atoms with E-state index in [1.54, 1.807) is 10.8 Å². The first-order valence-electron chi connectivity index (χ1n) is 7.78. The summed E-state index contributed by atoms with van der Waals surface area (Å²) >= 11 is 0. The van der Waals surface area contributed by atoms with Gasteiger partial charge in [-0.25, -0.2) is 0 Å². The lowest BCUT2D eigenvalue weighted by Gasteiger charge is -2.39. The maximum absolute atomic E-state index is 12.6. The van der Waals surface area contributed by atoms with Crippen molar-refractivity contribution in [1.29, 1.82) is 0 Å². The van der Waals surface area contributed by atoms with Crippen molar-refractivity contribution in [3.05, 3.63) is 30.6 Å². The van der Waals surface area contributed by atoms with Crippen LogP contribution in [0, 0.1) is 0 Å². The topological polar surface area (TPSA) is 58.4 Å². The predicted octanol–water partition coefficient (Wildman–Crippen LogP) is 0.740. The zero-order chi connectivity index (χ0) is 15.7. The number of rotatable bonds is 4. The van der Waals surface area contributed by atoms with Crippen molar-refractivity contribution in [3.63, 3.8) is 0 Å². The van der Waals surface area contributed by atoms with Crippen molar-refractivity contribution in [2.45, 2.75) is 37.8 Å². The van der Waals surface area contributed by atoms with Crippen LogP contribution in [0.15, 0.2) is 24.9 Å². The molecule has 3 heterocycles. The molecule has 6 heteroatoms. The van der Waals surface area contributed by atoms with Crippen LogP contribution in [0.4, 0.5) is 0 Å². The molecule has 0 unspecified atom stereocenters. The van der Waals surface area contributed by atoms with Crippen LogP contribution in [-0.2, 0) is 23.1 Å². The Morgan fingerprint density at radius 2 is 2.27 bits per heavy atom. The fourth-order valence-electron chi connectivity index (χ4n) is 3.65. The van der Waals surface area contributed by atoms with E-state index >= 15 is 0 Å². The number of nitrogens with zero attached hydrogens (tertiary/aromatic N) is 4. The average Bonchev–Trinajstić information content (AvgIpc) is 3.08. The molecule has 2 fully saturated rings. The number of aromatic nitrogens is 2. The molecule has 118 valence electrons. The fraction of sp³-hybridized carbons (Fsp3) is 0.562. The fourth-order valence-corrected chi connectivity index (χ4v) is 3.65. The van der Waals surface area contributed by atoms with Crippen LogP contribution < -0.4 is 0 Å². The zero-order valence-corrected chi connectivity index (χ0v) is 12.9. The largest absolute Gasteiger partial charge is 0.337 e. The van der Waals surface area contributed by atoms with Crippen LogP contribution in [-0.4, -0.2) is 56.6 Å². The van der Waals surface area contributed by atoms with Gasteiger partial charge < -0.3 is 9.80 Å². The molecule has 0 N–H and O–H groups in total. The van der Waals surface area contributed by atoms with Gasteiger partial charge in [0.2, 0.25) is 11.8 Å². The van der Waals surface area contributed by atoms with E-state index in [0.29, 0.717) is 19.4 Å². The molecule has 0 radical (unpaired) electrons. The number of amides is 2. The minimum atomic E-state index is 0.110. The number of likely N-dealkylation sites (tertiary alicyclic amines) is 2. The lowest BCUT2D eigenvalue weighted by Crippen LogP contribution is -2.53. The summed E-state index contributed by atoms with van der Waals surface area (Å²) in [7, 11) is 1.85. The first-order chi connectivity index (χ1) is 10.6. The number of hydrogen-bond donors (Lipinski definition) is 0. The molecular formula is C16H22N4O2. The molecule has 3 rings (SSSR count). The number of aryl methyl sites for hydroxylation is 1. The first-order valence-corrected chi connectivity index (χ1v) is 7.78. The second-order valence-electron chi connectivity index (χ2n) is 6.04. The van der Waals surface area contributed by atoms with Gasteiger partial charge in [-0.15, -0.1) is 6.58 Å². The molecule has 2 amide bonds. The van der Waals surface area contributed by atoms with Gasteiger partial charge in [0.25, 0.3) is 0 Å². The van der Waals surface area contributed by atoms with E-state index in [-0.39, 0.29) is 23.9 Å². The Hall–Kier alpha value is -2.11. The smallest absolute Gasteiger partial charge is 0.228 e.